The Morgan fingerprint density at radius 1 is 1.23 bits per heavy atom. The highest BCUT2D eigenvalue weighted by Crippen LogP contribution is 2.24. The van der Waals surface area contributed by atoms with Crippen LogP contribution in [-0.4, -0.2) is 60.1 Å². The van der Waals surface area contributed by atoms with Crippen LogP contribution in [0.15, 0.2) is 0 Å². The Morgan fingerprint density at radius 3 is 2.50 bits per heavy atom. The third-order valence-electron chi connectivity index (χ3n) is 4.63. The average Bonchev–Trinajstić information content (AvgIpc) is 2.86. The molecule has 122 valence electrons. The van der Waals surface area contributed by atoms with E-state index in [9.17, 15) is 4.79 Å². The molecule has 0 radical (unpaired) electrons. The molecule has 2 aliphatic heterocycles. The second kappa shape index (κ2) is 7.06. The van der Waals surface area contributed by atoms with Gasteiger partial charge in [-0.2, -0.15) is 0 Å². The van der Waals surface area contributed by atoms with Crippen LogP contribution in [0.4, 0.5) is 0 Å². The van der Waals surface area contributed by atoms with Gasteiger partial charge in [-0.05, 0) is 39.8 Å². The monoisotopic (exact) mass is 323 g/mol. The lowest BCUT2D eigenvalue weighted by Gasteiger charge is -2.35. The van der Waals surface area contributed by atoms with Crippen molar-refractivity contribution in [3.05, 3.63) is 15.6 Å². The fourth-order valence-corrected chi connectivity index (χ4v) is 4.28. The summed E-state index contributed by atoms with van der Waals surface area (Å²) in [5, 5.41) is 1.14. The number of aryl methyl sites for hydroxylation is 2. The number of amides is 1. The van der Waals surface area contributed by atoms with Crippen LogP contribution < -0.4 is 0 Å². The minimum absolute atomic E-state index is 0.207. The highest BCUT2D eigenvalue weighted by molar-refractivity contribution is 7.11. The van der Waals surface area contributed by atoms with Crippen molar-refractivity contribution in [2.45, 2.75) is 33.2 Å². The summed E-state index contributed by atoms with van der Waals surface area (Å²) >= 11 is 1.80. The lowest BCUT2D eigenvalue weighted by molar-refractivity contribution is -0.141. The standard InChI is InChI=1S/C16H25N3O2S/c1-12-15(22-13(2)17-12)11-18-5-3-14(4-6-18)16(20)19-7-9-21-10-8-19/h14H,3-11H2,1-2H3. The third kappa shape index (κ3) is 3.67. The Bertz CT molecular complexity index is 517. The first kappa shape index (κ1) is 15.9. The summed E-state index contributed by atoms with van der Waals surface area (Å²) in [4.78, 5) is 22.8. The summed E-state index contributed by atoms with van der Waals surface area (Å²) in [6.45, 7) is 10.1. The first-order valence-corrected chi connectivity index (χ1v) is 8.97. The maximum atomic E-state index is 12.5. The van der Waals surface area contributed by atoms with E-state index in [-0.39, 0.29) is 5.92 Å². The van der Waals surface area contributed by atoms with E-state index in [4.69, 9.17) is 4.74 Å². The average molecular weight is 323 g/mol. The number of aromatic nitrogens is 1. The van der Waals surface area contributed by atoms with Crippen molar-refractivity contribution in [2.24, 2.45) is 5.92 Å². The quantitative estimate of drug-likeness (QED) is 0.851. The van der Waals surface area contributed by atoms with Gasteiger partial charge in [0.15, 0.2) is 0 Å². The van der Waals surface area contributed by atoms with E-state index in [0.717, 1.165) is 56.3 Å². The number of morpholine rings is 1. The molecule has 0 unspecified atom stereocenters. The molecule has 6 heteroatoms. The van der Waals surface area contributed by atoms with Crippen LogP contribution in [0, 0.1) is 19.8 Å². The van der Waals surface area contributed by atoms with Crippen molar-refractivity contribution in [3.8, 4) is 0 Å². The van der Waals surface area contributed by atoms with Crippen LogP contribution in [0.25, 0.3) is 0 Å². The number of rotatable bonds is 3. The summed E-state index contributed by atoms with van der Waals surface area (Å²) in [5.41, 5.74) is 1.16. The van der Waals surface area contributed by atoms with E-state index in [1.54, 1.807) is 11.3 Å². The topological polar surface area (TPSA) is 45.7 Å². The van der Waals surface area contributed by atoms with Gasteiger partial charge < -0.3 is 9.64 Å². The first-order chi connectivity index (χ1) is 10.6. The van der Waals surface area contributed by atoms with E-state index in [1.807, 2.05) is 4.90 Å². The maximum absolute atomic E-state index is 12.5. The second-order valence-corrected chi connectivity index (χ2v) is 7.52. The predicted molar refractivity (Wildman–Crippen MR) is 87.0 cm³/mol. The Labute approximate surface area is 136 Å². The molecule has 0 saturated carbocycles. The number of hydrogen-bond acceptors (Lipinski definition) is 5. The summed E-state index contributed by atoms with van der Waals surface area (Å²) in [6.07, 6.45) is 1.96. The van der Waals surface area contributed by atoms with Crippen molar-refractivity contribution < 1.29 is 9.53 Å². The maximum Gasteiger partial charge on any atom is 0.225 e. The molecule has 0 atom stereocenters. The minimum Gasteiger partial charge on any atom is -0.378 e. The van der Waals surface area contributed by atoms with Gasteiger partial charge in [-0.3, -0.25) is 9.69 Å². The lowest BCUT2D eigenvalue weighted by Crippen LogP contribution is -2.46. The number of hydrogen-bond donors (Lipinski definition) is 0. The van der Waals surface area contributed by atoms with Gasteiger partial charge in [-0.15, -0.1) is 11.3 Å². The Hall–Kier alpha value is -0.980. The van der Waals surface area contributed by atoms with E-state index in [1.165, 1.54) is 4.88 Å². The van der Waals surface area contributed by atoms with Crippen LogP contribution in [0.5, 0.6) is 0 Å². The molecular weight excluding hydrogens is 298 g/mol. The minimum atomic E-state index is 0.207. The zero-order chi connectivity index (χ0) is 15.5. The number of carbonyl (C=O) groups is 1. The van der Waals surface area contributed by atoms with Crippen molar-refractivity contribution in [1.82, 2.24) is 14.8 Å². The van der Waals surface area contributed by atoms with Gasteiger partial charge >= 0.3 is 0 Å². The van der Waals surface area contributed by atoms with Crippen LogP contribution in [0.2, 0.25) is 0 Å². The molecule has 2 aliphatic rings. The van der Waals surface area contributed by atoms with Crippen LogP contribution in [-0.2, 0) is 16.1 Å². The molecule has 3 rings (SSSR count). The van der Waals surface area contributed by atoms with Gasteiger partial charge in [-0.25, -0.2) is 4.98 Å². The van der Waals surface area contributed by atoms with Gasteiger partial charge in [0, 0.05) is 30.4 Å². The van der Waals surface area contributed by atoms with Crippen molar-refractivity contribution >= 4 is 17.2 Å². The van der Waals surface area contributed by atoms with Crippen LogP contribution in [0.1, 0.15) is 28.4 Å². The normalized spacial score (nSPS) is 21.3. The Kier molecular flexibility index (Phi) is 5.10. The molecule has 0 N–H and O–H groups in total. The predicted octanol–water partition coefficient (Wildman–Crippen LogP) is 1.83. The molecule has 1 aromatic heterocycles. The molecule has 22 heavy (non-hydrogen) atoms. The smallest absolute Gasteiger partial charge is 0.225 e. The van der Waals surface area contributed by atoms with E-state index < -0.39 is 0 Å². The SMILES string of the molecule is Cc1nc(C)c(CN2CCC(C(=O)N3CCOCC3)CC2)s1. The largest absolute Gasteiger partial charge is 0.378 e. The third-order valence-corrected chi connectivity index (χ3v) is 5.68. The first-order valence-electron chi connectivity index (χ1n) is 8.15. The van der Waals surface area contributed by atoms with Gasteiger partial charge in [0.1, 0.15) is 0 Å². The van der Waals surface area contributed by atoms with E-state index >= 15 is 0 Å². The van der Waals surface area contributed by atoms with Crippen molar-refractivity contribution in [3.63, 3.8) is 0 Å². The molecule has 0 spiro atoms. The number of nitrogens with zero attached hydrogens (tertiary/aromatic N) is 3. The number of piperidine rings is 1. The molecular formula is C16H25N3O2S. The Balaban J connectivity index is 1.49. The summed E-state index contributed by atoms with van der Waals surface area (Å²) in [7, 11) is 0. The zero-order valence-electron chi connectivity index (χ0n) is 13.5. The fraction of sp³-hybridized carbons (Fsp3) is 0.750. The van der Waals surface area contributed by atoms with E-state index in [2.05, 4.69) is 23.7 Å². The van der Waals surface area contributed by atoms with Crippen LogP contribution in [0.3, 0.4) is 0 Å². The zero-order valence-corrected chi connectivity index (χ0v) is 14.3. The molecule has 1 aromatic rings. The molecule has 2 fully saturated rings. The molecule has 0 aliphatic carbocycles. The molecule has 3 heterocycles. The lowest BCUT2D eigenvalue weighted by atomic mass is 9.95. The van der Waals surface area contributed by atoms with Crippen molar-refractivity contribution in [1.29, 1.82) is 0 Å². The molecule has 0 bridgehead atoms. The highest BCUT2D eigenvalue weighted by atomic mass is 32.1. The molecule has 5 nitrogen and oxygen atoms in total. The molecule has 2 saturated heterocycles. The second-order valence-electron chi connectivity index (χ2n) is 6.23. The van der Waals surface area contributed by atoms with Gasteiger partial charge in [0.05, 0.1) is 23.9 Å². The van der Waals surface area contributed by atoms with Crippen LogP contribution >= 0.6 is 11.3 Å². The summed E-state index contributed by atoms with van der Waals surface area (Å²) in [6, 6.07) is 0. The molecule has 1 amide bonds. The number of ether oxygens (including phenoxy) is 1. The fourth-order valence-electron chi connectivity index (χ4n) is 3.30. The van der Waals surface area contributed by atoms with Gasteiger partial charge in [0.25, 0.3) is 0 Å². The van der Waals surface area contributed by atoms with Gasteiger partial charge in [0.2, 0.25) is 5.91 Å². The van der Waals surface area contributed by atoms with Gasteiger partial charge in [-0.1, -0.05) is 0 Å². The highest BCUT2D eigenvalue weighted by Gasteiger charge is 2.29. The summed E-state index contributed by atoms with van der Waals surface area (Å²) < 4.78 is 5.33. The number of likely N-dealkylation sites (tertiary alicyclic amines) is 1. The Morgan fingerprint density at radius 2 is 1.91 bits per heavy atom. The number of carbonyl (C=O) groups excluding carboxylic acids is 1. The number of thiazole rings is 1. The van der Waals surface area contributed by atoms with E-state index in [0.29, 0.717) is 19.1 Å². The summed E-state index contributed by atoms with van der Waals surface area (Å²) in [5.74, 6) is 0.548. The molecule has 0 aromatic carbocycles. The van der Waals surface area contributed by atoms with Crippen molar-refractivity contribution in [2.75, 3.05) is 39.4 Å².